The Bertz CT molecular complexity index is 936. The molecule has 0 unspecified atom stereocenters. The number of aryl methyl sites for hydroxylation is 2. The number of fused-ring (bicyclic) bond motifs is 1. The Morgan fingerprint density at radius 2 is 2.08 bits per heavy atom. The second kappa shape index (κ2) is 8.16. The van der Waals surface area contributed by atoms with E-state index >= 15 is 0 Å². The van der Waals surface area contributed by atoms with Crippen molar-refractivity contribution in [3.63, 3.8) is 0 Å². The van der Waals surface area contributed by atoms with Gasteiger partial charge in [0.25, 0.3) is 0 Å². The Labute approximate surface area is 161 Å². The molecule has 2 aromatic heterocycles. The van der Waals surface area contributed by atoms with E-state index in [1.54, 1.807) is 17.7 Å². The van der Waals surface area contributed by atoms with Crippen molar-refractivity contribution in [1.29, 1.82) is 0 Å². The molecule has 0 radical (unpaired) electrons. The van der Waals surface area contributed by atoms with Gasteiger partial charge in [-0.25, -0.2) is 9.97 Å². The van der Waals surface area contributed by atoms with Gasteiger partial charge in [-0.15, -0.1) is 11.3 Å². The molecule has 3 rings (SSSR count). The molecular formula is C19H22N4OS2. The normalized spacial score (nSPS) is 11.3. The fourth-order valence-corrected chi connectivity index (χ4v) is 4.62. The molecule has 0 saturated carbocycles. The van der Waals surface area contributed by atoms with Gasteiger partial charge in [0.2, 0.25) is 5.91 Å². The molecule has 7 heteroatoms. The summed E-state index contributed by atoms with van der Waals surface area (Å²) in [7, 11) is 4.05. The lowest BCUT2D eigenvalue weighted by molar-refractivity contribution is -0.113. The van der Waals surface area contributed by atoms with Crippen molar-refractivity contribution in [3.05, 3.63) is 46.6 Å². The maximum absolute atomic E-state index is 12.4. The van der Waals surface area contributed by atoms with Crippen LogP contribution in [0.15, 0.2) is 35.6 Å². The Kier molecular flexibility index (Phi) is 5.90. The number of thiophene rings is 1. The maximum atomic E-state index is 12.4. The van der Waals surface area contributed by atoms with Gasteiger partial charge in [-0.3, -0.25) is 4.79 Å². The van der Waals surface area contributed by atoms with Crippen LogP contribution in [0.25, 0.3) is 10.2 Å². The third-order valence-electron chi connectivity index (χ3n) is 3.98. The highest BCUT2D eigenvalue weighted by molar-refractivity contribution is 8.00. The third-order valence-corrected chi connectivity index (χ3v) is 6.08. The van der Waals surface area contributed by atoms with Crippen molar-refractivity contribution < 1.29 is 4.79 Å². The number of aromatic nitrogens is 2. The predicted molar refractivity (Wildman–Crippen MR) is 110 cm³/mol. The first kappa shape index (κ1) is 18.8. The van der Waals surface area contributed by atoms with Crippen LogP contribution in [0.4, 0.5) is 5.69 Å². The highest BCUT2D eigenvalue weighted by Crippen LogP contribution is 2.34. The van der Waals surface area contributed by atoms with Gasteiger partial charge >= 0.3 is 0 Å². The number of anilines is 1. The summed E-state index contributed by atoms with van der Waals surface area (Å²) in [5.74, 6) is 0.284. The van der Waals surface area contributed by atoms with Gasteiger partial charge in [-0.1, -0.05) is 23.9 Å². The summed E-state index contributed by atoms with van der Waals surface area (Å²) >= 11 is 3.12. The Balaban J connectivity index is 1.67. The maximum Gasteiger partial charge on any atom is 0.234 e. The standard InChI is InChI=1S/C19H22N4OS2/c1-12-13(2)26-19-17(12)18(20-11-21-19)25-10-16(24)22-15-7-5-6-14(8-15)9-23(3)4/h5-8,11H,9-10H2,1-4H3,(H,22,24). The fourth-order valence-electron chi connectivity index (χ4n) is 2.70. The molecule has 0 aliphatic carbocycles. The largest absolute Gasteiger partial charge is 0.325 e. The fraction of sp³-hybridized carbons (Fsp3) is 0.316. The van der Waals surface area contributed by atoms with Crippen molar-refractivity contribution in [2.75, 3.05) is 25.2 Å². The van der Waals surface area contributed by atoms with Gasteiger partial charge in [0.05, 0.1) is 5.75 Å². The number of amides is 1. The number of benzene rings is 1. The second-order valence-corrected chi connectivity index (χ2v) is 8.58. The molecule has 1 amide bonds. The van der Waals surface area contributed by atoms with Gasteiger partial charge in [-0.2, -0.15) is 0 Å². The van der Waals surface area contributed by atoms with E-state index in [9.17, 15) is 4.79 Å². The van der Waals surface area contributed by atoms with E-state index in [1.807, 2.05) is 32.3 Å². The van der Waals surface area contributed by atoms with Crippen LogP contribution in [0.5, 0.6) is 0 Å². The van der Waals surface area contributed by atoms with Crippen molar-refractivity contribution >= 4 is 44.9 Å². The molecule has 0 bridgehead atoms. The summed E-state index contributed by atoms with van der Waals surface area (Å²) in [4.78, 5) is 25.4. The molecule has 1 aromatic carbocycles. The molecule has 5 nitrogen and oxygen atoms in total. The third kappa shape index (κ3) is 4.41. The minimum absolute atomic E-state index is 0.0339. The van der Waals surface area contributed by atoms with E-state index in [1.165, 1.54) is 27.8 Å². The van der Waals surface area contributed by atoms with Crippen LogP contribution in [-0.2, 0) is 11.3 Å². The van der Waals surface area contributed by atoms with Gasteiger partial charge in [-0.05, 0) is 51.2 Å². The molecule has 0 aliphatic heterocycles. The number of thioether (sulfide) groups is 1. The lowest BCUT2D eigenvalue weighted by Crippen LogP contribution is -2.15. The monoisotopic (exact) mass is 386 g/mol. The first-order valence-corrected chi connectivity index (χ1v) is 10.1. The molecule has 136 valence electrons. The van der Waals surface area contributed by atoms with E-state index in [2.05, 4.69) is 40.1 Å². The molecule has 26 heavy (non-hydrogen) atoms. The molecular weight excluding hydrogens is 364 g/mol. The zero-order chi connectivity index (χ0) is 18.7. The average Bonchev–Trinajstić information content (AvgIpc) is 2.88. The molecule has 0 atom stereocenters. The van der Waals surface area contributed by atoms with Gasteiger partial charge in [0.15, 0.2) is 0 Å². The number of carbonyl (C=O) groups excluding carboxylic acids is 1. The Morgan fingerprint density at radius 3 is 2.85 bits per heavy atom. The number of nitrogens with one attached hydrogen (secondary N) is 1. The van der Waals surface area contributed by atoms with Crippen LogP contribution in [0, 0.1) is 13.8 Å². The van der Waals surface area contributed by atoms with E-state index < -0.39 is 0 Å². The Morgan fingerprint density at radius 1 is 1.27 bits per heavy atom. The summed E-state index contributed by atoms with van der Waals surface area (Å²) in [5.41, 5.74) is 3.19. The number of carbonyl (C=O) groups is 1. The topological polar surface area (TPSA) is 58.1 Å². The number of rotatable bonds is 6. The van der Waals surface area contributed by atoms with E-state index in [4.69, 9.17) is 0 Å². The molecule has 2 heterocycles. The van der Waals surface area contributed by atoms with E-state index in [0.29, 0.717) is 5.75 Å². The summed E-state index contributed by atoms with van der Waals surface area (Å²) in [6.45, 7) is 5.01. The molecule has 1 N–H and O–H groups in total. The van der Waals surface area contributed by atoms with Crippen LogP contribution < -0.4 is 5.32 Å². The molecule has 0 saturated heterocycles. The zero-order valence-corrected chi connectivity index (χ0v) is 17.0. The average molecular weight is 387 g/mol. The highest BCUT2D eigenvalue weighted by Gasteiger charge is 2.13. The van der Waals surface area contributed by atoms with E-state index in [-0.39, 0.29) is 5.91 Å². The second-order valence-electron chi connectivity index (χ2n) is 6.42. The van der Waals surface area contributed by atoms with E-state index in [0.717, 1.165) is 27.5 Å². The van der Waals surface area contributed by atoms with Gasteiger partial charge in [0, 0.05) is 22.5 Å². The minimum atomic E-state index is -0.0339. The lowest BCUT2D eigenvalue weighted by Gasteiger charge is -2.11. The Hall–Kier alpha value is -1.96. The number of nitrogens with zero attached hydrogens (tertiary/aromatic N) is 3. The predicted octanol–water partition coefficient (Wildman–Crippen LogP) is 4.10. The lowest BCUT2D eigenvalue weighted by atomic mass is 10.2. The van der Waals surface area contributed by atoms with Crippen LogP contribution in [0.2, 0.25) is 0 Å². The zero-order valence-electron chi connectivity index (χ0n) is 15.4. The van der Waals surface area contributed by atoms with Crippen LogP contribution in [0.3, 0.4) is 0 Å². The van der Waals surface area contributed by atoms with Crippen LogP contribution >= 0.6 is 23.1 Å². The number of hydrogen-bond acceptors (Lipinski definition) is 6. The summed E-state index contributed by atoms with van der Waals surface area (Å²) in [6, 6.07) is 7.95. The first-order chi connectivity index (χ1) is 12.4. The molecule has 0 fully saturated rings. The first-order valence-electron chi connectivity index (χ1n) is 8.31. The van der Waals surface area contributed by atoms with Crippen LogP contribution in [-0.4, -0.2) is 40.6 Å². The highest BCUT2D eigenvalue weighted by atomic mass is 32.2. The van der Waals surface area contributed by atoms with Crippen molar-refractivity contribution in [1.82, 2.24) is 14.9 Å². The van der Waals surface area contributed by atoms with Crippen LogP contribution in [0.1, 0.15) is 16.0 Å². The molecule has 0 aliphatic rings. The minimum Gasteiger partial charge on any atom is -0.325 e. The summed E-state index contributed by atoms with van der Waals surface area (Å²) in [5, 5.41) is 4.91. The van der Waals surface area contributed by atoms with Crippen molar-refractivity contribution in [2.45, 2.75) is 25.4 Å². The van der Waals surface area contributed by atoms with Gasteiger partial charge < -0.3 is 10.2 Å². The quantitative estimate of drug-likeness (QED) is 0.510. The summed E-state index contributed by atoms with van der Waals surface area (Å²) < 4.78 is 0. The van der Waals surface area contributed by atoms with Crippen molar-refractivity contribution in [2.24, 2.45) is 0 Å². The molecule has 0 spiro atoms. The number of hydrogen-bond donors (Lipinski definition) is 1. The van der Waals surface area contributed by atoms with Crippen molar-refractivity contribution in [3.8, 4) is 0 Å². The summed E-state index contributed by atoms with van der Waals surface area (Å²) in [6.07, 6.45) is 1.57. The van der Waals surface area contributed by atoms with Gasteiger partial charge in [0.1, 0.15) is 16.2 Å². The SMILES string of the molecule is Cc1sc2ncnc(SCC(=O)Nc3cccc(CN(C)C)c3)c2c1C. The smallest absolute Gasteiger partial charge is 0.234 e. The molecule has 3 aromatic rings.